The van der Waals surface area contributed by atoms with Crippen molar-refractivity contribution in [2.75, 3.05) is 7.11 Å². The molecule has 84 valence electrons. The fraction of sp³-hybridized carbons (Fsp3) is 0.111. The number of carbonyl (C=O) groups is 1. The summed E-state index contributed by atoms with van der Waals surface area (Å²) in [5.41, 5.74) is -0.0467. The van der Waals surface area contributed by atoms with E-state index in [4.69, 9.17) is 0 Å². The number of esters is 1. The highest BCUT2D eigenvalue weighted by Gasteiger charge is 2.12. The van der Waals surface area contributed by atoms with Crippen LogP contribution in [-0.2, 0) is 9.53 Å². The Balaban J connectivity index is 2.77. The third kappa shape index (κ3) is 3.35. The lowest BCUT2D eigenvalue weighted by Gasteiger charge is -1.96. The molecule has 0 heterocycles. The summed E-state index contributed by atoms with van der Waals surface area (Å²) in [7, 11) is 1.23. The Bertz CT molecular complexity index is 433. The smallest absolute Gasteiger partial charge is 0.349 e. The van der Waals surface area contributed by atoms with Crippen LogP contribution in [0.15, 0.2) is 33.6 Å². The Morgan fingerprint density at radius 3 is 2.88 bits per heavy atom. The molecule has 0 aromatic heterocycles. The van der Waals surface area contributed by atoms with Crippen molar-refractivity contribution in [1.82, 2.24) is 0 Å². The number of ether oxygens (including phenoxy) is 1. The van der Waals surface area contributed by atoms with Crippen molar-refractivity contribution >= 4 is 29.8 Å². The number of hydrogen-bond acceptors (Lipinski definition) is 6. The van der Waals surface area contributed by atoms with E-state index in [1.807, 2.05) is 0 Å². The topological polar surface area (TPSA) is 81.8 Å². The van der Waals surface area contributed by atoms with Crippen molar-refractivity contribution in [3.63, 3.8) is 0 Å². The fourth-order valence-corrected chi connectivity index (χ4v) is 1.49. The molecule has 1 aromatic carbocycles. The van der Waals surface area contributed by atoms with Gasteiger partial charge in [0.2, 0.25) is 0 Å². The Labute approximate surface area is 95.6 Å². The zero-order valence-electron chi connectivity index (χ0n) is 8.32. The predicted octanol–water partition coefficient (Wildman–Crippen LogP) is 1.85. The van der Waals surface area contributed by atoms with Gasteiger partial charge in [-0.25, -0.2) is 9.19 Å². The molecule has 0 aliphatic rings. The molecule has 0 bridgehead atoms. The third-order valence-electron chi connectivity index (χ3n) is 1.57. The van der Waals surface area contributed by atoms with Crippen LogP contribution in [0.4, 0.5) is 5.69 Å². The number of nitrogens with zero attached hydrogens (tertiary/aromatic N) is 2. The lowest BCUT2D eigenvalue weighted by Crippen LogP contribution is -1.99. The average molecular weight is 240 g/mol. The van der Waals surface area contributed by atoms with E-state index in [1.54, 1.807) is 18.2 Å². The minimum Gasteiger partial charge on any atom is -0.465 e. The van der Waals surface area contributed by atoms with Gasteiger partial charge in [0.25, 0.3) is 5.69 Å². The van der Waals surface area contributed by atoms with Crippen molar-refractivity contribution in [3.05, 3.63) is 34.4 Å². The summed E-state index contributed by atoms with van der Waals surface area (Å²) in [4.78, 5) is 21.2. The van der Waals surface area contributed by atoms with Crippen molar-refractivity contribution in [1.29, 1.82) is 0 Å². The molecule has 1 aromatic rings. The van der Waals surface area contributed by atoms with Gasteiger partial charge in [-0.2, -0.15) is 0 Å². The van der Waals surface area contributed by atoms with Crippen LogP contribution in [-0.4, -0.2) is 24.2 Å². The molecule has 0 spiro atoms. The first-order valence-corrected chi connectivity index (χ1v) is 4.94. The van der Waals surface area contributed by atoms with Gasteiger partial charge in [0.15, 0.2) is 0 Å². The second kappa shape index (κ2) is 5.86. The van der Waals surface area contributed by atoms with E-state index in [0.29, 0.717) is 4.90 Å². The highest BCUT2D eigenvalue weighted by atomic mass is 32.2. The summed E-state index contributed by atoms with van der Waals surface area (Å²) in [6.45, 7) is 0. The number of methoxy groups -OCH3 is 1. The van der Waals surface area contributed by atoms with Crippen LogP contribution in [0.2, 0.25) is 0 Å². The Morgan fingerprint density at radius 1 is 1.56 bits per heavy atom. The number of nitro benzene ring substituents is 1. The number of carbonyl (C=O) groups excluding carboxylic acids is 1. The van der Waals surface area contributed by atoms with E-state index in [0.717, 1.165) is 18.2 Å². The molecule has 0 aliphatic carbocycles. The summed E-state index contributed by atoms with van der Waals surface area (Å²) in [6, 6.07) is 6.14. The molecule has 0 radical (unpaired) electrons. The number of para-hydroxylation sites is 1. The highest BCUT2D eigenvalue weighted by molar-refractivity contribution is 7.98. The zero-order valence-corrected chi connectivity index (χ0v) is 9.14. The molecule has 0 saturated heterocycles. The summed E-state index contributed by atoms with van der Waals surface area (Å²) in [5.74, 6) is -0.605. The summed E-state index contributed by atoms with van der Waals surface area (Å²) < 4.78 is 8.00. The molecule has 16 heavy (non-hydrogen) atoms. The molecule has 0 atom stereocenters. The molecular weight excluding hydrogens is 232 g/mol. The first-order valence-electron chi connectivity index (χ1n) is 4.17. The molecule has 0 fully saturated rings. The van der Waals surface area contributed by atoms with Crippen LogP contribution >= 0.6 is 11.9 Å². The summed E-state index contributed by atoms with van der Waals surface area (Å²) in [6.07, 6.45) is 0.960. The Hall–Kier alpha value is -1.89. The van der Waals surface area contributed by atoms with Crippen LogP contribution in [0.1, 0.15) is 0 Å². The minimum atomic E-state index is -0.605. The molecule has 0 aliphatic heterocycles. The maximum absolute atomic E-state index is 10.7. The number of benzene rings is 1. The molecule has 7 heteroatoms. The molecule has 6 nitrogen and oxygen atoms in total. The van der Waals surface area contributed by atoms with Crippen molar-refractivity contribution in [2.24, 2.45) is 4.40 Å². The van der Waals surface area contributed by atoms with Crippen molar-refractivity contribution in [2.45, 2.75) is 4.90 Å². The summed E-state index contributed by atoms with van der Waals surface area (Å²) >= 11 is 0.846. The van der Waals surface area contributed by atoms with Gasteiger partial charge in [0.1, 0.15) is 11.1 Å². The number of nitro groups is 1. The van der Waals surface area contributed by atoms with Crippen molar-refractivity contribution in [3.8, 4) is 0 Å². The Morgan fingerprint density at radius 2 is 2.25 bits per heavy atom. The second-order valence-electron chi connectivity index (χ2n) is 2.57. The second-order valence-corrected chi connectivity index (χ2v) is 3.41. The normalized spacial score (nSPS) is 10.3. The van der Waals surface area contributed by atoms with Gasteiger partial charge in [0, 0.05) is 18.0 Å². The van der Waals surface area contributed by atoms with E-state index in [9.17, 15) is 14.9 Å². The van der Waals surface area contributed by atoms with E-state index < -0.39 is 10.9 Å². The fourth-order valence-electron chi connectivity index (χ4n) is 0.864. The van der Waals surface area contributed by atoms with Crippen LogP contribution in [0.25, 0.3) is 0 Å². The lowest BCUT2D eigenvalue weighted by molar-refractivity contribution is -0.387. The minimum absolute atomic E-state index is 0.0467. The van der Waals surface area contributed by atoms with Crippen LogP contribution in [0.5, 0.6) is 0 Å². The predicted molar refractivity (Wildman–Crippen MR) is 59.5 cm³/mol. The molecule has 0 unspecified atom stereocenters. The molecule has 0 saturated carbocycles. The number of rotatable bonds is 4. The van der Waals surface area contributed by atoms with E-state index in [-0.39, 0.29) is 5.69 Å². The van der Waals surface area contributed by atoms with Gasteiger partial charge in [-0.15, -0.1) is 0 Å². The van der Waals surface area contributed by atoms with E-state index in [2.05, 4.69) is 9.13 Å². The van der Waals surface area contributed by atoms with Crippen molar-refractivity contribution < 1.29 is 14.5 Å². The van der Waals surface area contributed by atoms with Crippen LogP contribution in [0.3, 0.4) is 0 Å². The largest absolute Gasteiger partial charge is 0.465 e. The molecular formula is C9H8N2O4S. The number of hydrogen-bond donors (Lipinski definition) is 0. The monoisotopic (exact) mass is 240 g/mol. The molecule has 0 amide bonds. The van der Waals surface area contributed by atoms with Gasteiger partial charge >= 0.3 is 5.97 Å². The van der Waals surface area contributed by atoms with E-state index >= 15 is 0 Å². The van der Waals surface area contributed by atoms with Gasteiger partial charge in [-0.3, -0.25) is 10.1 Å². The van der Waals surface area contributed by atoms with Gasteiger partial charge in [-0.1, -0.05) is 12.1 Å². The van der Waals surface area contributed by atoms with Crippen LogP contribution < -0.4 is 0 Å². The summed E-state index contributed by atoms with van der Waals surface area (Å²) in [5, 5.41) is 10.6. The first-order chi connectivity index (χ1) is 7.65. The van der Waals surface area contributed by atoms with Gasteiger partial charge in [-0.05, 0) is 6.07 Å². The third-order valence-corrected chi connectivity index (χ3v) is 2.33. The van der Waals surface area contributed by atoms with Gasteiger partial charge in [0.05, 0.1) is 12.0 Å². The Kier molecular flexibility index (Phi) is 4.46. The molecule has 1 rings (SSSR count). The highest BCUT2D eigenvalue weighted by Crippen LogP contribution is 2.28. The first kappa shape index (κ1) is 12.2. The SMILES string of the molecule is COC(=O)C=NSc1ccccc1[N+](=O)[O-]. The lowest BCUT2D eigenvalue weighted by atomic mass is 10.3. The average Bonchev–Trinajstić information content (AvgIpc) is 2.29. The maximum atomic E-state index is 10.7. The van der Waals surface area contributed by atoms with Crippen LogP contribution in [0, 0.1) is 10.1 Å². The molecule has 0 N–H and O–H groups in total. The quantitative estimate of drug-likeness (QED) is 0.264. The maximum Gasteiger partial charge on any atom is 0.349 e. The van der Waals surface area contributed by atoms with E-state index in [1.165, 1.54) is 13.2 Å². The zero-order chi connectivity index (χ0) is 12.0. The standard InChI is InChI=1S/C9H8N2O4S/c1-15-9(12)6-10-16-8-5-3-2-4-7(8)11(13)14/h2-6H,1H3. The van der Waals surface area contributed by atoms with Gasteiger partial charge < -0.3 is 4.74 Å².